The summed E-state index contributed by atoms with van der Waals surface area (Å²) in [5.74, 6) is 0.988. The lowest BCUT2D eigenvalue weighted by atomic mass is 10.1. The van der Waals surface area contributed by atoms with Crippen molar-refractivity contribution in [3.8, 4) is 5.75 Å². The average molecular weight is 235 g/mol. The van der Waals surface area contributed by atoms with E-state index in [4.69, 9.17) is 9.47 Å². The second kappa shape index (κ2) is 4.64. The van der Waals surface area contributed by atoms with Crippen LogP contribution in [0.5, 0.6) is 5.75 Å². The van der Waals surface area contributed by atoms with E-state index in [1.165, 1.54) is 5.56 Å². The summed E-state index contributed by atoms with van der Waals surface area (Å²) in [6.45, 7) is 1.77. The summed E-state index contributed by atoms with van der Waals surface area (Å²) in [5.41, 5.74) is 1.27. The first kappa shape index (κ1) is 11.0. The van der Waals surface area contributed by atoms with Gasteiger partial charge in [0, 0.05) is 13.0 Å². The van der Waals surface area contributed by atoms with Gasteiger partial charge in [-0.05, 0) is 11.6 Å². The number of aliphatic hydroxyl groups excluding tert-OH is 1. The number of aliphatic hydroxyl groups is 1. The fourth-order valence-corrected chi connectivity index (χ4v) is 2.39. The zero-order valence-corrected chi connectivity index (χ0v) is 9.63. The maximum absolute atomic E-state index is 9.61. The Hall–Kier alpha value is -1.10. The maximum Gasteiger partial charge on any atom is 0.123 e. The quantitative estimate of drug-likeness (QED) is 0.793. The normalized spacial score (nSPS) is 31.2. The molecule has 0 amide bonds. The summed E-state index contributed by atoms with van der Waals surface area (Å²) in [5, 5.41) is 12.9. The van der Waals surface area contributed by atoms with Crippen molar-refractivity contribution < 1.29 is 14.6 Å². The third-order valence-corrected chi connectivity index (χ3v) is 3.37. The molecule has 0 aromatic heterocycles. The molecule has 0 aliphatic carbocycles. The van der Waals surface area contributed by atoms with Gasteiger partial charge in [0.2, 0.25) is 0 Å². The van der Waals surface area contributed by atoms with Crippen molar-refractivity contribution in [1.82, 2.24) is 5.32 Å². The van der Waals surface area contributed by atoms with Crippen LogP contribution in [-0.4, -0.2) is 43.1 Å². The van der Waals surface area contributed by atoms with Crippen LogP contribution in [0.3, 0.4) is 0 Å². The van der Waals surface area contributed by atoms with Crippen molar-refractivity contribution in [3.05, 3.63) is 29.8 Å². The Morgan fingerprint density at radius 1 is 1.29 bits per heavy atom. The van der Waals surface area contributed by atoms with Gasteiger partial charge in [0.05, 0.1) is 25.4 Å². The average Bonchev–Trinajstić information content (AvgIpc) is 2.92. The first-order valence-corrected chi connectivity index (χ1v) is 6.06. The van der Waals surface area contributed by atoms with Gasteiger partial charge in [-0.15, -0.1) is 0 Å². The minimum absolute atomic E-state index is 0.0438. The number of ether oxygens (including phenoxy) is 2. The van der Waals surface area contributed by atoms with E-state index >= 15 is 0 Å². The SMILES string of the molecule is OC1COCC1NCC1Cc2ccccc2O1. The summed E-state index contributed by atoms with van der Waals surface area (Å²) in [6, 6.07) is 8.17. The highest BCUT2D eigenvalue weighted by molar-refractivity contribution is 5.37. The van der Waals surface area contributed by atoms with E-state index in [0.29, 0.717) is 13.2 Å². The molecule has 1 saturated heterocycles. The van der Waals surface area contributed by atoms with Crippen molar-refractivity contribution in [3.63, 3.8) is 0 Å². The van der Waals surface area contributed by atoms with Gasteiger partial charge < -0.3 is 19.9 Å². The van der Waals surface area contributed by atoms with Crippen LogP contribution in [-0.2, 0) is 11.2 Å². The molecule has 3 unspecified atom stereocenters. The minimum Gasteiger partial charge on any atom is -0.488 e. The molecule has 2 N–H and O–H groups in total. The first-order valence-electron chi connectivity index (χ1n) is 6.06. The number of hydrogen-bond acceptors (Lipinski definition) is 4. The molecule has 4 heteroatoms. The third-order valence-electron chi connectivity index (χ3n) is 3.37. The number of benzene rings is 1. The Morgan fingerprint density at radius 3 is 2.94 bits per heavy atom. The molecule has 0 saturated carbocycles. The van der Waals surface area contributed by atoms with Gasteiger partial charge in [0.15, 0.2) is 0 Å². The Labute approximate surface area is 101 Å². The Kier molecular flexibility index (Phi) is 3.01. The lowest BCUT2D eigenvalue weighted by Crippen LogP contribution is -2.43. The molecule has 17 heavy (non-hydrogen) atoms. The first-order chi connectivity index (χ1) is 8.33. The standard InChI is InChI=1S/C13H17NO3/c15-12-8-16-7-11(12)14-6-10-5-9-3-1-2-4-13(9)17-10/h1-4,10-12,14-15H,5-8H2. The van der Waals surface area contributed by atoms with E-state index in [2.05, 4.69) is 11.4 Å². The number of fused-ring (bicyclic) bond motifs is 1. The van der Waals surface area contributed by atoms with Crippen LogP contribution < -0.4 is 10.1 Å². The van der Waals surface area contributed by atoms with E-state index in [1.54, 1.807) is 0 Å². The summed E-state index contributed by atoms with van der Waals surface area (Å²) in [7, 11) is 0. The van der Waals surface area contributed by atoms with Crippen LogP contribution >= 0.6 is 0 Å². The highest BCUT2D eigenvalue weighted by atomic mass is 16.5. The number of para-hydroxylation sites is 1. The zero-order chi connectivity index (χ0) is 11.7. The van der Waals surface area contributed by atoms with Gasteiger partial charge in [-0.2, -0.15) is 0 Å². The summed E-state index contributed by atoms with van der Waals surface area (Å²) >= 11 is 0. The lowest BCUT2D eigenvalue weighted by molar-refractivity contribution is 0.120. The van der Waals surface area contributed by atoms with Gasteiger partial charge in [-0.1, -0.05) is 18.2 Å². The molecule has 0 bridgehead atoms. The van der Waals surface area contributed by atoms with Crippen molar-refractivity contribution in [2.24, 2.45) is 0 Å². The van der Waals surface area contributed by atoms with Crippen LogP contribution in [0.15, 0.2) is 24.3 Å². The van der Waals surface area contributed by atoms with Crippen molar-refractivity contribution >= 4 is 0 Å². The number of rotatable bonds is 3. The fraction of sp³-hybridized carbons (Fsp3) is 0.538. The van der Waals surface area contributed by atoms with Crippen LogP contribution in [0.2, 0.25) is 0 Å². The fourth-order valence-electron chi connectivity index (χ4n) is 2.39. The number of hydrogen-bond donors (Lipinski definition) is 2. The Bertz CT molecular complexity index is 371. The van der Waals surface area contributed by atoms with E-state index in [9.17, 15) is 5.11 Å². The van der Waals surface area contributed by atoms with Crippen molar-refractivity contribution in [1.29, 1.82) is 0 Å². The zero-order valence-electron chi connectivity index (χ0n) is 9.63. The van der Waals surface area contributed by atoms with Gasteiger partial charge in [0.1, 0.15) is 11.9 Å². The predicted octanol–water partition coefficient (Wildman–Crippen LogP) is 0.339. The monoisotopic (exact) mass is 235 g/mol. The van der Waals surface area contributed by atoms with Gasteiger partial charge >= 0.3 is 0 Å². The second-order valence-corrected chi connectivity index (χ2v) is 4.67. The largest absolute Gasteiger partial charge is 0.488 e. The highest BCUT2D eigenvalue weighted by Gasteiger charge is 2.28. The highest BCUT2D eigenvalue weighted by Crippen LogP contribution is 2.27. The Morgan fingerprint density at radius 2 is 2.18 bits per heavy atom. The van der Waals surface area contributed by atoms with Gasteiger partial charge in [-0.25, -0.2) is 0 Å². The minimum atomic E-state index is -0.390. The summed E-state index contributed by atoms with van der Waals surface area (Å²) in [4.78, 5) is 0. The smallest absolute Gasteiger partial charge is 0.123 e. The molecule has 0 radical (unpaired) electrons. The van der Waals surface area contributed by atoms with E-state index < -0.39 is 6.10 Å². The third kappa shape index (κ3) is 2.29. The molecule has 92 valence electrons. The second-order valence-electron chi connectivity index (χ2n) is 4.67. The molecule has 4 nitrogen and oxygen atoms in total. The molecule has 0 spiro atoms. The maximum atomic E-state index is 9.61. The Balaban J connectivity index is 1.52. The molecule has 1 fully saturated rings. The van der Waals surface area contributed by atoms with Crippen LogP contribution in [0.1, 0.15) is 5.56 Å². The number of nitrogens with one attached hydrogen (secondary N) is 1. The molecular weight excluding hydrogens is 218 g/mol. The molecule has 2 heterocycles. The van der Waals surface area contributed by atoms with E-state index in [-0.39, 0.29) is 12.1 Å². The summed E-state index contributed by atoms with van der Waals surface area (Å²) < 4.78 is 11.0. The molecule has 1 aromatic rings. The summed E-state index contributed by atoms with van der Waals surface area (Å²) in [6.07, 6.45) is 0.714. The van der Waals surface area contributed by atoms with E-state index in [0.717, 1.165) is 18.7 Å². The van der Waals surface area contributed by atoms with Crippen LogP contribution in [0.25, 0.3) is 0 Å². The molecule has 2 aliphatic rings. The van der Waals surface area contributed by atoms with Gasteiger partial charge in [-0.3, -0.25) is 0 Å². The topological polar surface area (TPSA) is 50.7 Å². The van der Waals surface area contributed by atoms with Crippen molar-refractivity contribution in [2.75, 3.05) is 19.8 Å². The molecule has 3 rings (SSSR count). The van der Waals surface area contributed by atoms with Crippen LogP contribution in [0, 0.1) is 0 Å². The predicted molar refractivity (Wildman–Crippen MR) is 63.2 cm³/mol. The van der Waals surface area contributed by atoms with Crippen LogP contribution in [0.4, 0.5) is 0 Å². The van der Waals surface area contributed by atoms with Gasteiger partial charge in [0.25, 0.3) is 0 Å². The molecule has 1 aromatic carbocycles. The molecule has 2 aliphatic heterocycles. The molecular formula is C13H17NO3. The lowest BCUT2D eigenvalue weighted by Gasteiger charge is -2.17. The van der Waals surface area contributed by atoms with E-state index in [1.807, 2.05) is 18.2 Å². The molecule has 3 atom stereocenters. The van der Waals surface area contributed by atoms with Crippen molar-refractivity contribution in [2.45, 2.75) is 24.7 Å².